The summed E-state index contributed by atoms with van der Waals surface area (Å²) in [6.07, 6.45) is -2.73. The molecule has 1 atom stereocenters. The molecular formula is C12H10ClF4N3. The zero-order chi connectivity index (χ0) is 14.9. The van der Waals surface area contributed by atoms with Gasteiger partial charge in [0.2, 0.25) is 0 Å². The minimum absolute atomic E-state index is 0.0671. The van der Waals surface area contributed by atoms with Crippen molar-refractivity contribution in [2.24, 2.45) is 0 Å². The first-order valence-electron chi connectivity index (χ1n) is 5.76. The maximum Gasteiger partial charge on any atom is 0.419 e. The molecular weight excluding hydrogens is 298 g/mol. The summed E-state index contributed by atoms with van der Waals surface area (Å²) in [6, 6.07) is 2.62. The van der Waals surface area contributed by atoms with Gasteiger partial charge in [0.05, 0.1) is 22.8 Å². The molecule has 0 spiro atoms. The van der Waals surface area contributed by atoms with Crippen LogP contribution in [0, 0.1) is 5.82 Å². The first-order chi connectivity index (χ1) is 9.32. The van der Waals surface area contributed by atoms with E-state index >= 15 is 0 Å². The topological polar surface area (TPSA) is 30.7 Å². The van der Waals surface area contributed by atoms with Gasteiger partial charge < -0.3 is 0 Å². The van der Waals surface area contributed by atoms with Crippen LogP contribution in [0.25, 0.3) is 5.69 Å². The summed E-state index contributed by atoms with van der Waals surface area (Å²) in [4.78, 5) is 0. The van der Waals surface area contributed by atoms with E-state index in [4.69, 9.17) is 11.6 Å². The van der Waals surface area contributed by atoms with Gasteiger partial charge in [-0.2, -0.15) is 13.2 Å². The zero-order valence-corrected chi connectivity index (χ0v) is 11.1. The highest BCUT2D eigenvalue weighted by atomic mass is 35.5. The molecule has 20 heavy (non-hydrogen) atoms. The number of nitrogens with zero attached hydrogens (tertiary/aromatic N) is 3. The highest BCUT2D eigenvalue weighted by Gasteiger charge is 2.34. The van der Waals surface area contributed by atoms with Crippen LogP contribution in [0.15, 0.2) is 24.4 Å². The van der Waals surface area contributed by atoms with Crippen LogP contribution in [0.4, 0.5) is 17.6 Å². The lowest BCUT2D eigenvalue weighted by atomic mass is 10.2. The predicted octanol–water partition coefficient (Wildman–Crippen LogP) is 4.12. The van der Waals surface area contributed by atoms with Crippen molar-refractivity contribution in [2.75, 3.05) is 0 Å². The standard InChI is InChI=1S/C12H10ClF4N3/c1-2-9(13)11-6-20(19-18-11)7-3-4-10(14)8(5-7)12(15,16)17/h3-6,9H,2H2,1H3. The predicted molar refractivity (Wildman–Crippen MR) is 65.2 cm³/mol. The van der Waals surface area contributed by atoms with Crippen molar-refractivity contribution in [2.45, 2.75) is 24.9 Å². The van der Waals surface area contributed by atoms with Crippen molar-refractivity contribution in [1.29, 1.82) is 0 Å². The van der Waals surface area contributed by atoms with E-state index in [-0.39, 0.29) is 11.1 Å². The maximum atomic E-state index is 13.2. The number of alkyl halides is 4. The second kappa shape index (κ2) is 5.40. The molecule has 0 fully saturated rings. The van der Waals surface area contributed by atoms with E-state index in [0.29, 0.717) is 18.2 Å². The van der Waals surface area contributed by atoms with Crippen molar-refractivity contribution < 1.29 is 17.6 Å². The minimum atomic E-state index is -4.76. The lowest BCUT2D eigenvalue weighted by molar-refractivity contribution is -0.140. The third-order valence-corrected chi connectivity index (χ3v) is 3.24. The van der Waals surface area contributed by atoms with Gasteiger partial charge in [-0.15, -0.1) is 16.7 Å². The Bertz CT molecular complexity index is 609. The molecule has 0 saturated heterocycles. The molecule has 0 aliphatic heterocycles. The van der Waals surface area contributed by atoms with Gasteiger partial charge in [0.1, 0.15) is 11.5 Å². The second-order valence-electron chi connectivity index (χ2n) is 4.13. The van der Waals surface area contributed by atoms with Gasteiger partial charge >= 0.3 is 6.18 Å². The Balaban J connectivity index is 2.41. The van der Waals surface area contributed by atoms with Crippen LogP contribution in [0.1, 0.15) is 30.0 Å². The summed E-state index contributed by atoms with van der Waals surface area (Å²) in [5.41, 5.74) is -0.825. The average molecular weight is 308 g/mol. The molecule has 1 unspecified atom stereocenters. The number of benzene rings is 1. The van der Waals surface area contributed by atoms with Gasteiger partial charge in [0, 0.05) is 0 Å². The largest absolute Gasteiger partial charge is 0.419 e. The van der Waals surface area contributed by atoms with Crippen molar-refractivity contribution in [3.05, 3.63) is 41.5 Å². The Morgan fingerprint density at radius 3 is 2.65 bits per heavy atom. The van der Waals surface area contributed by atoms with Crippen LogP contribution in [-0.2, 0) is 6.18 Å². The fourth-order valence-corrected chi connectivity index (χ4v) is 1.73. The van der Waals surface area contributed by atoms with E-state index in [0.717, 1.165) is 10.7 Å². The van der Waals surface area contributed by atoms with E-state index in [1.165, 1.54) is 12.3 Å². The number of rotatable bonds is 3. The van der Waals surface area contributed by atoms with Crippen LogP contribution in [0.3, 0.4) is 0 Å². The van der Waals surface area contributed by atoms with E-state index in [1.807, 2.05) is 6.92 Å². The van der Waals surface area contributed by atoms with Gasteiger partial charge in [-0.3, -0.25) is 0 Å². The highest BCUT2D eigenvalue weighted by Crippen LogP contribution is 2.32. The quantitative estimate of drug-likeness (QED) is 0.631. The van der Waals surface area contributed by atoms with Crippen LogP contribution < -0.4 is 0 Å². The Kier molecular flexibility index (Phi) is 3.99. The number of hydrogen-bond acceptors (Lipinski definition) is 2. The summed E-state index contributed by atoms with van der Waals surface area (Å²) >= 11 is 5.96. The van der Waals surface area contributed by atoms with Crippen LogP contribution in [0.5, 0.6) is 0 Å². The van der Waals surface area contributed by atoms with Crippen LogP contribution >= 0.6 is 11.6 Å². The molecule has 0 amide bonds. The number of halogens is 5. The van der Waals surface area contributed by atoms with Crippen molar-refractivity contribution in [3.8, 4) is 5.69 Å². The van der Waals surface area contributed by atoms with Crippen LogP contribution in [0.2, 0.25) is 0 Å². The van der Waals surface area contributed by atoms with E-state index in [2.05, 4.69) is 10.3 Å². The molecule has 8 heteroatoms. The molecule has 1 aromatic carbocycles. The summed E-state index contributed by atoms with van der Waals surface area (Å²) in [5, 5.41) is 7.12. The zero-order valence-electron chi connectivity index (χ0n) is 10.3. The Hall–Kier alpha value is -1.63. The number of aromatic nitrogens is 3. The summed E-state index contributed by atoms with van der Waals surface area (Å²) in [7, 11) is 0. The lowest BCUT2D eigenvalue weighted by Gasteiger charge is -2.09. The summed E-state index contributed by atoms with van der Waals surface area (Å²) < 4.78 is 52.2. The van der Waals surface area contributed by atoms with Gasteiger partial charge in [-0.25, -0.2) is 9.07 Å². The summed E-state index contributed by atoms with van der Waals surface area (Å²) in [5.74, 6) is -1.33. The van der Waals surface area contributed by atoms with Gasteiger partial charge in [0.15, 0.2) is 0 Å². The van der Waals surface area contributed by atoms with Gasteiger partial charge in [0.25, 0.3) is 0 Å². The first kappa shape index (κ1) is 14.8. The van der Waals surface area contributed by atoms with Crippen LogP contribution in [-0.4, -0.2) is 15.0 Å². The first-order valence-corrected chi connectivity index (χ1v) is 6.20. The second-order valence-corrected chi connectivity index (χ2v) is 4.65. The van der Waals surface area contributed by atoms with Crippen molar-refractivity contribution >= 4 is 11.6 Å². The molecule has 0 aliphatic carbocycles. The van der Waals surface area contributed by atoms with Crippen molar-refractivity contribution in [1.82, 2.24) is 15.0 Å². The van der Waals surface area contributed by atoms with E-state index < -0.39 is 17.6 Å². The molecule has 108 valence electrons. The van der Waals surface area contributed by atoms with E-state index in [1.54, 1.807) is 0 Å². The molecule has 2 aromatic rings. The molecule has 1 heterocycles. The molecule has 3 nitrogen and oxygen atoms in total. The Morgan fingerprint density at radius 2 is 2.05 bits per heavy atom. The lowest BCUT2D eigenvalue weighted by Crippen LogP contribution is -2.09. The summed E-state index contributed by atoms with van der Waals surface area (Å²) in [6.45, 7) is 1.84. The van der Waals surface area contributed by atoms with Gasteiger partial charge in [-0.05, 0) is 24.6 Å². The third kappa shape index (κ3) is 2.92. The monoisotopic (exact) mass is 307 g/mol. The third-order valence-electron chi connectivity index (χ3n) is 2.71. The highest BCUT2D eigenvalue weighted by molar-refractivity contribution is 6.20. The van der Waals surface area contributed by atoms with Crippen molar-refractivity contribution in [3.63, 3.8) is 0 Å². The SMILES string of the molecule is CCC(Cl)c1cn(-c2ccc(F)c(C(F)(F)F)c2)nn1. The Labute approximate surface area is 117 Å². The maximum absolute atomic E-state index is 13.2. The molecule has 0 bridgehead atoms. The molecule has 0 radical (unpaired) electrons. The minimum Gasteiger partial charge on any atom is -0.220 e. The average Bonchev–Trinajstić information content (AvgIpc) is 2.86. The fourth-order valence-electron chi connectivity index (χ4n) is 1.63. The normalized spacial score (nSPS) is 13.5. The molecule has 0 aliphatic rings. The van der Waals surface area contributed by atoms with E-state index in [9.17, 15) is 17.6 Å². The Morgan fingerprint density at radius 1 is 1.35 bits per heavy atom. The van der Waals surface area contributed by atoms with Gasteiger partial charge in [-0.1, -0.05) is 12.1 Å². The number of hydrogen-bond donors (Lipinski definition) is 0. The molecule has 2 rings (SSSR count). The molecule has 0 N–H and O–H groups in total. The fraction of sp³-hybridized carbons (Fsp3) is 0.333. The molecule has 0 saturated carbocycles. The smallest absolute Gasteiger partial charge is 0.220 e. The molecule has 1 aromatic heterocycles.